The van der Waals surface area contributed by atoms with Crippen LogP contribution in [0.25, 0.3) is 0 Å². The second kappa shape index (κ2) is 9.57. The fourth-order valence-electron chi connectivity index (χ4n) is 2.76. The summed E-state index contributed by atoms with van der Waals surface area (Å²) in [5.74, 6) is 0.366. The monoisotopic (exact) mass is 476 g/mol. The molecule has 0 aliphatic rings. The number of carbonyl (C=O) groups excluding carboxylic acids is 1. The highest BCUT2D eigenvalue weighted by atomic mass is 79.9. The van der Waals surface area contributed by atoms with Gasteiger partial charge in [0.25, 0.3) is 5.91 Å². The van der Waals surface area contributed by atoms with Gasteiger partial charge in [0.15, 0.2) is 11.5 Å². The van der Waals surface area contributed by atoms with Crippen LogP contribution in [0.3, 0.4) is 0 Å². The molecule has 0 saturated heterocycles. The Labute approximate surface area is 181 Å². The highest BCUT2D eigenvalue weighted by Gasteiger charge is 2.16. The van der Waals surface area contributed by atoms with E-state index < -0.39 is 4.92 Å². The molecule has 3 rings (SSSR count). The Hall–Kier alpha value is -3.14. The minimum atomic E-state index is -0.493. The zero-order chi connectivity index (χ0) is 21.7. The first-order valence-electron chi connectivity index (χ1n) is 9.28. The lowest BCUT2D eigenvalue weighted by Crippen LogP contribution is -2.24. The van der Waals surface area contributed by atoms with Crippen molar-refractivity contribution in [2.45, 2.75) is 33.4 Å². The second-order valence-corrected chi connectivity index (χ2v) is 7.57. The highest BCUT2D eigenvalue weighted by molar-refractivity contribution is 9.10. The van der Waals surface area contributed by atoms with Gasteiger partial charge in [-0.15, -0.1) is 0 Å². The van der Waals surface area contributed by atoms with E-state index in [9.17, 15) is 14.9 Å². The van der Waals surface area contributed by atoms with E-state index in [1.165, 1.54) is 6.07 Å². The van der Waals surface area contributed by atoms with Crippen molar-refractivity contribution in [2.75, 3.05) is 6.54 Å². The number of furan rings is 1. The van der Waals surface area contributed by atoms with Gasteiger partial charge in [0, 0.05) is 25.4 Å². The number of nitro benzene ring substituents is 1. The molecule has 1 N–H and O–H groups in total. The van der Waals surface area contributed by atoms with Crippen molar-refractivity contribution in [1.82, 2.24) is 15.1 Å². The number of nitro groups is 1. The lowest BCUT2D eigenvalue weighted by Gasteiger charge is -2.06. The quantitative estimate of drug-likeness (QED) is 0.281. The maximum Gasteiger partial charge on any atom is 0.311 e. The molecular formula is C20H21BrN4O5. The molecule has 158 valence electrons. The summed E-state index contributed by atoms with van der Waals surface area (Å²) in [7, 11) is 0. The van der Waals surface area contributed by atoms with Gasteiger partial charge in [-0.2, -0.15) is 5.10 Å². The third-order valence-corrected chi connectivity index (χ3v) is 5.08. The molecule has 0 radical (unpaired) electrons. The summed E-state index contributed by atoms with van der Waals surface area (Å²) in [5, 5.41) is 18.3. The fourth-order valence-corrected chi connectivity index (χ4v) is 3.07. The van der Waals surface area contributed by atoms with E-state index in [1.807, 2.05) is 17.8 Å². The van der Waals surface area contributed by atoms with Crippen LogP contribution in [-0.2, 0) is 13.2 Å². The van der Waals surface area contributed by atoms with Gasteiger partial charge in [0.1, 0.15) is 12.4 Å². The van der Waals surface area contributed by atoms with E-state index in [0.29, 0.717) is 25.3 Å². The van der Waals surface area contributed by atoms with Gasteiger partial charge in [-0.3, -0.25) is 19.6 Å². The molecule has 0 saturated carbocycles. The van der Waals surface area contributed by atoms with E-state index in [-0.39, 0.29) is 29.7 Å². The number of amides is 1. The molecule has 0 aliphatic heterocycles. The molecule has 0 spiro atoms. The second-order valence-electron chi connectivity index (χ2n) is 6.72. The van der Waals surface area contributed by atoms with E-state index >= 15 is 0 Å². The van der Waals surface area contributed by atoms with Crippen molar-refractivity contribution in [3.05, 3.63) is 73.9 Å². The van der Waals surface area contributed by atoms with Crippen LogP contribution in [0.4, 0.5) is 5.69 Å². The topological polar surface area (TPSA) is 112 Å². The summed E-state index contributed by atoms with van der Waals surface area (Å²) in [6.07, 6.45) is 2.61. The van der Waals surface area contributed by atoms with Crippen molar-refractivity contribution in [1.29, 1.82) is 0 Å². The summed E-state index contributed by atoms with van der Waals surface area (Å²) < 4.78 is 13.8. The minimum Gasteiger partial charge on any atom is -0.479 e. The lowest BCUT2D eigenvalue weighted by molar-refractivity contribution is -0.386. The molecule has 9 nitrogen and oxygen atoms in total. The Bertz CT molecular complexity index is 1040. The van der Waals surface area contributed by atoms with Crippen molar-refractivity contribution in [2.24, 2.45) is 0 Å². The Morgan fingerprint density at radius 2 is 2.13 bits per heavy atom. The average molecular weight is 477 g/mol. The number of carbonyl (C=O) groups is 1. The maximum atomic E-state index is 12.2. The Balaban J connectivity index is 1.48. The van der Waals surface area contributed by atoms with E-state index in [2.05, 4.69) is 26.3 Å². The number of nitrogens with one attached hydrogen (secondary N) is 1. The molecule has 1 aromatic carbocycles. The van der Waals surface area contributed by atoms with Gasteiger partial charge in [0.05, 0.1) is 15.1 Å². The predicted molar refractivity (Wildman–Crippen MR) is 112 cm³/mol. The number of ether oxygens (including phenoxy) is 1. The third kappa shape index (κ3) is 5.47. The predicted octanol–water partition coefficient (Wildman–Crippen LogP) is 4.16. The summed E-state index contributed by atoms with van der Waals surface area (Å²) in [6, 6.07) is 7.88. The van der Waals surface area contributed by atoms with Crippen molar-refractivity contribution in [3.63, 3.8) is 0 Å². The smallest absolute Gasteiger partial charge is 0.311 e. The summed E-state index contributed by atoms with van der Waals surface area (Å²) in [4.78, 5) is 22.9. The lowest BCUT2D eigenvalue weighted by atomic mass is 10.2. The largest absolute Gasteiger partial charge is 0.479 e. The van der Waals surface area contributed by atoms with E-state index in [0.717, 1.165) is 15.7 Å². The molecule has 2 heterocycles. The standard InChI is InChI=1S/C20H21BrN4O5/c1-13-4-6-18(17(10-13)25(27)28)29-12-15-5-7-19(30-15)20(26)22-8-3-9-24-11-16(21)14(2)23-24/h4-7,10-11H,3,8-9,12H2,1-2H3,(H,22,26). The van der Waals surface area contributed by atoms with Crippen molar-refractivity contribution in [3.8, 4) is 5.75 Å². The Kier molecular flexibility index (Phi) is 6.88. The number of aryl methyl sites for hydroxylation is 3. The summed E-state index contributed by atoms with van der Waals surface area (Å²) in [6.45, 7) is 4.81. The molecule has 3 aromatic rings. The number of rotatable bonds is 9. The van der Waals surface area contributed by atoms with Crippen LogP contribution in [0, 0.1) is 24.0 Å². The van der Waals surface area contributed by atoms with Crippen LogP contribution in [0.1, 0.15) is 34.0 Å². The molecule has 0 unspecified atom stereocenters. The first-order chi connectivity index (χ1) is 14.3. The molecule has 10 heteroatoms. The molecule has 2 aromatic heterocycles. The first kappa shape index (κ1) is 21.6. The highest BCUT2D eigenvalue weighted by Crippen LogP contribution is 2.28. The van der Waals surface area contributed by atoms with Crippen LogP contribution in [0.15, 0.2) is 45.4 Å². The third-order valence-electron chi connectivity index (χ3n) is 4.30. The van der Waals surface area contributed by atoms with Crippen LogP contribution >= 0.6 is 15.9 Å². The molecule has 0 fully saturated rings. The van der Waals surface area contributed by atoms with Crippen LogP contribution < -0.4 is 10.1 Å². The molecule has 1 amide bonds. The maximum absolute atomic E-state index is 12.2. The average Bonchev–Trinajstić information content (AvgIpc) is 3.30. The summed E-state index contributed by atoms with van der Waals surface area (Å²) in [5.41, 5.74) is 1.57. The number of nitrogens with zero attached hydrogens (tertiary/aromatic N) is 3. The fraction of sp³-hybridized carbons (Fsp3) is 0.300. The number of halogens is 1. The molecule has 0 bridgehead atoms. The van der Waals surface area contributed by atoms with Crippen LogP contribution in [0.2, 0.25) is 0 Å². The molecule has 0 atom stereocenters. The van der Waals surface area contributed by atoms with Gasteiger partial charge in [-0.1, -0.05) is 6.07 Å². The Morgan fingerprint density at radius 1 is 1.33 bits per heavy atom. The molecular weight excluding hydrogens is 456 g/mol. The van der Waals surface area contributed by atoms with Gasteiger partial charge >= 0.3 is 5.69 Å². The van der Waals surface area contributed by atoms with E-state index in [4.69, 9.17) is 9.15 Å². The zero-order valence-corrected chi connectivity index (χ0v) is 18.1. The first-order valence-corrected chi connectivity index (χ1v) is 10.1. The molecule has 0 aliphatic carbocycles. The van der Waals surface area contributed by atoms with Crippen molar-refractivity contribution >= 4 is 27.5 Å². The van der Waals surface area contributed by atoms with Crippen molar-refractivity contribution < 1.29 is 18.9 Å². The number of hydrogen-bond acceptors (Lipinski definition) is 6. The van der Waals surface area contributed by atoms with E-state index in [1.54, 1.807) is 31.2 Å². The number of hydrogen-bond donors (Lipinski definition) is 1. The normalized spacial score (nSPS) is 10.8. The zero-order valence-electron chi connectivity index (χ0n) is 16.6. The van der Waals surface area contributed by atoms with Crippen LogP contribution in [-0.4, -0.2) is 27.2 Å². The number of benzene rings is 1. The van der Waals surface area contributed by atoms with Gasteiger partial charge in [-0.25, -0.2) is 0 Å². The van der Waals surface area contributed by atoms with Gasteiger partial charge in [-0.05, 0) is 60.0 Å². The Morgan fingerprint density at radius 3 is 2.83 bits per heavy atom. The van der Waals surface area contributed by atoms with Gasteiger partial charge in [0.2, 0.25) is 0 Å². The van der Waals surface area contributed by atoms with Crippen LogP contribution in [0.5, 0.6) is 5.75 Å². The SMILES string of the molecule is Cc1ccc(OCc2ccc(C(=O)NCCCn3cc(Br)c(C)n3)o2)c([N+](=O)[O-])c1. The number of aromatic nitrogens is 2. The van der Waals surface area contributed by atoms with Gasteiger partial charge < -0.3 is 14.5 Å². The minimum absolute atomic E-state index is 0.0231. The summed E-state index contributed by atoms with van der Waals surface area (Å²) >= 11 is 3.41. The molecule has 30 heavy (non-hydrogen) atoms.